The first-order chi connectivity index (χ1) is 12.1. The van der Waals surface area contributed by atoms with Gasteiger partial charge in [-0.15, -0.1) is 0 Å². The van der Waals surface area contributed by atoms with E-state index in [1.807, 2.05) is 19.2 Å². The maximum absolute atomic E-state index is 5.96. The molecule has 1 aromatic rings. The SMILES string of the molecule is CN=C(NCC(C)Oc1cccc(C)c1)NCC1(CCOC)CCC1. The zero-order chi connectivity index (χ0) is 18.1. The molecule has 1 saturated carbocycles. The second-order valence-electron chi connectivity index (χ2n) is 7.15. The first-order valence-corrected chi connectivity index (χ1v) is 9.24. The Kier molecular flexibility index (Phi) is 7.56. The third-order valence-corrected chi connectivity index (χ3v) is 4.99. The van der Waals surface area contributed by atoms with Gasteiger partial charge in [-0.2, -0.15) is 0 Å². The van der Waals surface area contributed by atoms with Crippen LogP contribution in [0.1, 0.15) is 38.2 Å². The molecule has 5 heteroatoms. The molecule has 2 rings (SSSR count). The molecule has 0 radical (unpaired) electrons. The van der Waals surface area contributed by atoms with Gasteiger partial charge in [0.25, 0.3) is 0 Å². The van der Waals surface area contributed by atoms with Gasteiger partial charge in [0, 0.05) is 27.3 Å². The van der Waals surface area contributed by atoms with Crippen LogP contribution in [0.5, 0.6) is 5.75 Å². The van der Waals surface area contributed by atoms with Crippen molar-refractivity contribution in [3.63, 3.8) is 0 Å². The minimum atomic E-state index is 0.0616. The number of methoxy groups -OCH3 is 1. The summed E-state index contributed by atoms with van der Waals surface area (Å²) >= 11 is 0. The number of rotatable bonds is 9. The van der Waals surface area contributed by atoms with Gasteiger partial charge in [-0.3, -0.25) is 4.99 Å². The standard InChI is InChI=1S/C20H33N3O2/c1-16-7-5-8-18(13-16)25-17(2)14-22-19(21-3)23-15-20(9-6-10-20)11-12-24-4/h5,7-8,13,17H,6,9-12,14-15H2,1-4H3,(H2,21,22,23). The van der Waals surface area contributed by atoms with Gasteiger partial charge in [0.1, 0.15) is 11.9 Å². The summed E-state index contributed by atoms with van der Waals surface area (Å²) in [6.45, 7) is 6.62. The second-order valence-corrected chi connectivity index (χ2v) is 7.15. The molecule has 5 nitrogen and oxygen atoms in total. The second kappa shape index (κ2) is 9.66. The molecule has 1 aliphatic carbocycles. The average molecular weight is 348 g/mol. The minimum Gasteiger partial charge on any atom is -0.489 e. The number of benzene rings is 1. The van der Waals surface area contributed by atoms with Crippen LogP contribution in [0.15, 0.2) is 29.3 Å². The van der Waals surface area contributed by atoms with Crippen molar-refractivity contribution in [2.75, 3.05) is 33.9 Å². The van der Waals surface area contributed by atoms with Gasteiger partial charge in [0.15, 0.2) is 5.96 Å². The maximum atomic E-state index is 5.96. The Hall–Kier alpha value is -1.75. The molecule has 0 amide bonds. The lowest BCUT2D eigenvalue weighted by atomic mass is 9.67. The van der Waals surface area contributed by atoms with Crippen LogP contribution >= 0.6 is 0 Å². The monoisotopic (exact) mass is 347 g/mol. The third-order valence-electron chi connectivity index (χ3n) is 4.99. The van der Waals surface area contributed by atoms with Gasteiger partial charge in [0.05, 0.1) is 6.54 Å². The molecule has 140 valence electrons. The van der Waals surface area contributed by atoms with Crippen LogP contribution in [0.4, 0.5) is 0 Å². The molecule has 0 spiro atoms. The van der Waals surface area contributed by atoms with E-state index < -0.39 is 0 Å². The van der Waals surface area contributed by atoms with Crippen LogP contribution in [-0.4, -0.2) is 45.9 Å². The van der Waals surface area contributed by atoms with E-state index in [0.29, 0.717) is 12.0 Å². The van der Waals surface area contributed by atoms with Crippen molar-refractivity contribution in [3.05, 3.63) is 29.8 Å². The van der Waals surface area contributed by atoms with E-state index in [9.17, 15) is 0 Å². The molecule has 1 fully saturated rings. The molecule has 1 atom stereocenters. The van der Waals surface area contributed by atoms with Crippen LogP contribution in [0, 0.1) is 12.3 Å². The Morgan fingerprint density at radius 3 is 2.72 bits per heavy atom. The number of hydrogen-bond donors (Lipinski definition) is 2. The van der Waals surface area contributed by atoms with Crippen molar-refractivity contribution in [1.29, 1.82) is 0 Å². The van der Waals surface area contributed by atoms with Crippen LogP contribution in [0.25, 0.3) is 0 Å². The fourth-order valence-electron chi connectivity index (χ4n) is 3.21. The normalized spacial score (nSPS) is 17.5. The molecule has 0 bridgehead atoms. The van der Waals surface area contributed by atoms with E-state index in [-0.39, 0.29) is 6.10 Å². The highest BCUT2D eigenvalue weighted by Crippen LogP contribution is 2.43. The molecule has 0 aliphatic heterocycles. The summed E-state index contributed by atoms with van der Waals surface area (Å²) < 4.78 is 11.2. The van der Waals surface area contributed by atoms with E-state index in [1.165, 1.54) is 24.8 Å². The first kappa shape index (κ1) is 19.6. The van der Waals surface area contributed by atoms with Crippen molar-refractivity contribution in [2.24, 2.45) is 10.4 Å². The zero-order valence-electron chi connectivity index (χ0n) is 16.1. The summed E-state index contributed by atoms with van der Waals surface area (Å²) in [5, 5.41) is 6.84. The smallest absolute Gasteiger partial charge is 0.191 e. The number of nitrogens with zero attached hydrogens (tertiary/aromatic N) is 1. The van der Waals surface area contributed by atoms with E-state index in [0.717, 1.165) is 31.3 Å². The van der Waals surface area contributed by atoms with Crippen LogP contribution in [0.2, 0.25) is 0 Å². The van der Waals surface area contributed by atoms with Gasteiger partial charge in [-0.1, -0.05) is 18.6 Å². The topological polar surface area (TPSA) is 54.9 Å². The number of ether oxygens (including phenoxy) is 2. The highest BCUT2D eigenvalue weighted by molar-refractivity contribution is 5.79. The van der Waals surface area contributed by atoms with Crippen molar-refractivity contribution >= 4 is 5.96 Å². The molecule has 0 saturated heterocycles. The van der Waals surface area contributed by atoms with Gasteiger partial charge >= 0.3 is 0 Å². The van der Waals surface area contributed by atoms with Crippen molar-refractivity contribution in [3.8, 4) is 5.75 Å². The molecular formula is C20H33N3O2. The number of aliphatic imine (C=N–C) groups is 1. The summed E-state index contributed by atoms with van der Waals surface area (Å²) in [6.07, 6.45) is 5.03. The Balaban J connectivity index is 1.74. The summed E-state index contributed by atoms with van der Waals surface area (Å²) in [5.74, 6) is 1.74. The lowest BCUT2D eigenvalue weighted by molar-refractivity contribution is 0.0732. The van der Waals surface area contributed by atoms with Crippen molar-refractivity contribution in [2.45, 2.75) is 45.6 Å². The summed E-state index contributed by atoms with van der Waals surface area (Å²) in [5.41, 5.74) is 1.58. The summed E-state index contributed by atoms with van der Waals surface area (Å²) in [7, 11) is 3.58. The fourth-order valence-corrected chi connectivity index (χ4v) is 3.21. The maximum Gasteiger partial charge on any atom is 0.191 e. The van der Waals surface area contributed by atoms with Crippen LogP contribution < -0.4 is 15.4 Å². The van der Waals surface area contributed by atoms with Gasteiger partial charge in [-0.25, -0.2) is 0 Å². The van der Waals surface area contributed by atoms with Crippen molar-refractivity contribution < 1.29 is 9.47 Å². The number of hydrogen-bond acceptors (Lipinski definition) is 3. The fraction of sp³-hybridized carbons (Fsp3) is 0.650. The Bertz CT molecular complexity index is 556. The van der Waals surface area contributed by atoms with E-state index in [1.54, 1.807) is 7.11 Å². The lowest BCUT2D eigenvalue weighted by Gasteiger charge is -2.42. The average Bonchev–Trinajstić information content (AvgIpc) is 2.56. The Morgan fingerprint density at radius 1 is 1.32 bits per heavy atom. The number of nitrogens with one attached hydrogen (secondary N) is 2. The minimum absolute atomic E-state index is 0.0616. The Morgan fingerprint density at radius 2 is 2.12 bits per heavy atom. The molecule has 0 aromatic heterocycles. The molecule has 1 aromatic carbocycles. The number of aryl methyl sites for hydroxylation is 1. The van der Waals surface area contributed by atoms with Crippen LogP contribution in [0.3, 0.4) is 0 Å². The number of guanidine groups is 1. The Labute approximate surface area is 152 Å². The molecule has 2 N–H and O–H groups in total. The summed E-state index contributed by atoms with van der Waals surface area (Å²) in [4.78, 5) is 4.33. The summed E-state index contributed by atoms with van der Waals surface area (Å²) in [6, 6.07) is 8.14. The van der Waals surface area contributed by atoms with E-state index >= 15 is 0 Å². The molecular weight excluding hydrogens is 314 g/mol. The third kappa shape index (κ3) is 6.24. The lowest BCUT2D eigenvalue weighted by Crippen LogP contribution is -2.48. The molecule has 1 aliphatic rings. The molecule has 0 heterocycles. The first-order valence-electron chi connectivity index (χ1n) is 9.24. The van der Waals surface area contributed by atoms with E-state index in [4.69, 9.17) is 9.47 Å². The van der Waals surface area contributed by atoms with Gasteiger partial charge < -0.3 is 20.1 Å². The molecule has 1 unspecified atom stereocenters. The largest absolute Gasteiger partial charge is 0.489 e. The quantitative estimate of drug-likeness (QED) is 0.532. The highest BCUT2D eigenvalue weighted by Gasteiger charge is 2.36. The van der Waals surface area contributed by atoms with Gasteiger partial charge in [-0.05, 0) is 56.2 Å². The highest BCUT2D eigenvalue weighted by atomic mass is 16.5. The van der Waals surface area contributed by atoms with E-state index in [2.05, 4.69) is 41.6 Å². The predicted octanol–water partition coefficient (Wildman–Crippen LogP) is 3.13. The molecule has 25 heavy (non-hydrogen) atoms. The van der Waals surface area contributed by atoms with Crippen LogP contribution in [-0.2, 0) is 4.74 Å². The predicted molar refractivity (Wildman–Crippen MR) is 103 cm³/mol. The van der Waals surface area contributed by atoms with Crippen molar-refractivity contribution in [1.82, 2.24) is 10.6 Å². The zero-order valence-corrected chi connectivity index (χ0v) is 16.1. The van der Waals surface area contributed by atoms with Gasteiger partial charge in [0.2, 0.25) is 0 Å².